The molecule has 2 atom stereocenters. The molecule has 0 bridgehead atoms. The minimum absolute atomic E-state index is 0.463. The largest absolute Gasteiger partial charge is 0.399 e. The lowest BCUT2D eigenvalue weighted by Crippen LogP contribution is -2.21. The summed E-state index contributed by atoms with van der Waals surface area (Å²) in [6.45, 7) is 0. The number of sulfone groups is 1. The molecule has 2 aromatic rings. The molecule has 124 valence electrons. The fourth-order valence-corrected chi connectivity index (χ4v) is 3.66. The maximum atomic E-state index is 12.2. The second-order valence-corrected chi connectivity index (χ2v) is 7.60. The van der Waals surface area contributed by atoms with Crippen LogP contribution in [0.3, 0.4) is 0 Å². The lowest BCUT2D eigenvalue weighted by atomic mass is 10.1. The van der Waals surface area contributed by atoms with Crippen molar-refractivity contribution in [3.05, 3.63) is 59.7 Å². The quantitative estimate of drug-likeness (QED) is 0.584. The number of aliphatic hydroxyl groups is 2. The van der Waals surface area contributed by atoms with Gasteiger partial charge in [0.2, 0.25) is 0 Å². The lowest BCUT2D eigenvalue weighted by molar-refractivity contribution is 0.194. The molecule has 2 rings (SSSR count). The third-order valence-electron chi connectivity index (χ3n) is 3.47. The van der Waals surface area contributed by atoms with Crippen LogP contribution in [-0.2, 0) is 9.84 Å². The van der Waals surface area contributed by atoms with Crippen LogP contribution in [0.1, 0.15) is 23.3 Å². The van der Waals surface area contributed by atoms with Gasteiger partial charge in [-0.3, -0.25) is 0 Å². The minimum atomic E-state index is -3.66. The average Bonchev–Trinajstić information content (AvgIpc) is 2.47. The number of anilines is 2. The van der Waals surface area contributed by atoms with Gasteiger partial charge in [-0.1, -0.05) is 24.3 Å². The fourth-order valence-electron chi connectivity index (χ4n) is 2.18. The number of hydrogen-bond acceptors (Lipinski definition) is 6. The maximum absolute atomic E-state index is 12.2. The summed E-state index contributed by atoms with van der Waals surface area (Å²) in [6, 6.07) is 12.7. The van der Waals surface area contributed by atoms with E-state index in [-0.39, 0.29) is 0 Å². The molecule has 0 saturated heterocycles. The molecule has 0 fully saturated rings. The molecule has 6 nitrogen and oxygen atoms in total. The fraction of sp³-hybridized carbons (Fsp3) is 0.250. The molecule has 0 saturated carbocycles. The Labute approximate surface area is 135 Å². The molecule has 0 aromatic heterocycles. The van der Waals surface area contributed by atoms with Crippen LogP contribution >= 0.6 is 0 Å². The zero-order chi connectivity index (χ0) is 17.0. The number of nitrogen functional groups attached to an aromatic ring is 2. The van der Waals surface area contributed by atoms with Crippen LogP contribution < -0.4 is 11.5 Å². The van der Waals surface area contributed by atoms with Crippen molar-refractivity contribution in [2.45, 2.75) is 12.2 Å². The van der Waals surface area contributed by atoms with Crippen molar-refractivity contribution in [1.29, 1.82) is 0 Å². The molecule has 0 radical (unpaired) electrons. The molecular formula is C16H20N2O4S. The van der Waals surface area contributed by atoms with Crippen LogP contribution in [0.4, 0.5) is 11.4 Å². The molecule has 0 aliphatic heterocycles. The molecule has 2 aromatic carbocycles. The van der Waals surface area contributed by atoms with Gasteiger partial charge in [-0.05, 0) is 35.4 Å². The summed E-state index contributed by atoms with van der Waals surface area (Å²) in [4.78, 5) is 0. The summed E-state index contributed by atoms with van der Waals surface area (Å²) >= 11 is 0. The van der Waals surface area contributed by atoms with E-state index in [4.69, 9.17) is 11.5 Å². The van der Waals surface area contributed by atoms with E-state index in [2.05, 4.69) is 0 Å². The zero-order valence-electron chi connectivity index (χ0n) is 12.5. The highest BCUT2D eigenvalue weighted by atomic mass is 32.2. The highest BCUT2D eigenvalue weighted by Crippen LogP contribution is 2.21. The Kier molecular flexibility index (Phi) is 5.25. The zero-order valence-corrected chi connectivity index (χ0v) is 13.3. The van der Waals surface area contributed by atoms with Crippen molar-refractivity contribution in [1.82, 2.24) is 0 Å². The van der Waals surface area contributed by atoms with E-state index in [1.54, 1.807) is 48.5 Å². The molecule has 0 heterocycles. The summed E-state index contributed by atoms with van der Waals surface area (Å²) in [5, 5.41) is 20.1. The molecule has 0 aliphatic rings. The average molecular weight is 336 g/mol. The number of rotatable bonds is 6. The van der Waals surface area contributed by atoms with Gasteiger partial charge in [0.25, 0.3) is 0 Å². The van der Waals surface area contributed by atoms with Crippen LogP contribution in [0.5, 0.6) is 0 Å². The minimum Gasteiger partial charge on any atom is -0.399 e. The van der Waals surface area contributed by atoms with Crippen molar-refractivity contribution in [2.75, 3.05) is 23.0 Å². The van der Waals surface area contributed by atoms with E-state index in [0.29, 0.717) is 22.5 Å². The molecule has 7 heteroatoms. The van der Waals surface area contributed by atoms with E-state index in [0.717, 1.165) is 0 Å². The Bertz CT molecular complexity index is 683. The van der Waals surface area contributed by atoms with Gasteiger partial charge in [-0.15, -0.1) is 0 Å². The monoisotopic (exact) mass is 336 g/mol. The highest BCUT2D eigenvalue weighted by Gasteiger charge is 2.23. The van der Waals surface area contributed by atoms with Gasteiger partial charge in [0.15, 0.2) is 9.84 Å². The summed E-state index contributed by atoms with van der Waals surface area (Å²) in [7, 11) is -3.66. The van der Waals surface area contributed by atoms with Crippen LogP contribution in [0.25, 0.3) is 0 Å². The molecule has 23 heavy (non-hydrogen) atoms. The van der Waals surface area contributed by atoms with Crippen LogP contribution in [0, 0.1) is 0 Å². The Hall–Kier alpha value is -2.09. The molecule has 0 amide bonds. The van der Waals surface area contributed by atoms with Gasteiger partial charge in [-0.2, -0.15) is 0 Å². The molecule has 6 N–H and O–H groups in total. The van der Waals surface area contributed by atoms with Gasteiger partial charge in [0.05, 0.1) is 23.7 Å². The van der Waals surface area contributed by atoms with Crippen LogP contribution in [0.15, 0.2) is 48.5 Å². The Morgan fingerprint density at radius 3 is 1.35 bits per heavy atom. The van der Waals surface area contributed by atoms with Gasteiger partial charge < -0.3 is 21.7 Å². The third kappa shape index (κ3) is 4.95. The maximum Gasteiger partial charge on any atom is 0.156 e. The standard InChI is InChI=1S/C16H20N2O4S/c17-13-5-1-11(2-6-13)15(19)9-23(21,22)10-16(20)12-3-7-14(18)8-4-12/h1-8,15-16,19-20H,9-10,17-18H2. The Morgan fingerprint density at radius 2 is 1.04 bits per heavy atom. The van der Waals surface area contributed by atoms with Crippen molar-refractivity contribution in [3.63, 3.8) is 0 Å². The van der Waals surface area contributed by atoms with E-state index in [1.807, 2.05) is 0 Å². The van der Waals surface area contributed by atoms with Gasteiger partial charge >= 0.3 is 0 Å². The first-order valence-electron chi connectivity index (χ1n) is 7.04. The van der Waals surface area contributed by atoms with E-state index < -0.39 is 33.6 Å². The second-order valence-electron chi connectivity index (χ2n) is 5.44. The van der Waals surface area contributed by atoms with Gasteiger partial charge in [0, 0.05) is 11.4 Å². The first-order chi connectivity index (χ1) is 10.8. The van der Waals surface area contributed by atoms with Gasteiger partial charge in [-0.25, -0.2) is 8.42 Å². The summed E-state index contributed by atoms with van der Waals surface area (Å²) in [5.74, 6) is -0.939. The van der Waals surface area contributed by atoms with Crippen LogP contribution in [0.2, 0.25) is 0 Å². The lowest BCUT2D eigenvalue weighted by Gasteiger charge is -2.15. The summed E-state index contributed by atoms with van der Waals surface area (Å²) in [5.41, 5.74) is 13.1. The first-order valence-corrected chi connectivity index (χ1v) is 8.86. The van der Waals surface area contributed by atoms with Crippen LogP contribution in [-0.4, -0.2) is 30.1 Å². The third-order valence-corrected chi connectivity index (χ3v) is 5.11. The molecule has 0 aliphatic carbocycles. The van der Waals surface area contributed by atoms with Gasteiger partial charge in [0.1, 0.15) is 0 Å². The SMILES string of the molecule is Nc1ccc(C(O)CS(=O)(=O)CC(O)c2ccc(N)cc2)cc1. The summed E-state index contributed by atoms with van der Waals surface area (Å²) < 4.78 is 24.3. The van der Waals surface area contributed by atoms with E-state index >= 15 is 0 Å². The normalized spacial score (nSPS) is 14.3. The predicted molar refractivity (Wildman–Crippen MR) is 90.3 cm³/mol. The Morgan fingerprint density at radius 1 is 0.739 bits per heavy atom. The molecular weight excluding hydrogens is 316 g/mol. The number of hydrogen-bond donors (Lipinski definition) is 4. The highest BCUT2D eigenvalue weighted by molar-refractivity contribution is 7.91. The van der Waals surface area contributed by atoms with Crippen molar-refractivity contribution < 1.29 is 18.6 Å². The smallest absolute Gasteiger partial charge is 0.156 e. The van der Waals surface area contributed by atoms with Crippen molar-refractivity contribution in [2.24, 2.45) is 0 Å². The van der Waals surface area contributed by atoms with E-state index in [1.165, 1.54) is 0 Å². The number of nitrogens with two attached hydrogens (primary N) is 2. The predicted octanol–water partition coefficient (Wildman–Crippen LogP) is 1.03. The number of aliphatic hydroxyl groups excluding tert-OH is 2. The van der Waals surface area contributed by atoms with E-state index in [9.17, 15) is 18.6 Å². The van der Waals surface area contributed by atoms with Crippen molar-refractivity contribution in [3.8, 4) is 0 Å². The topological polar surface area (TPSA) is 127 Å². The summed E-state index contributed by atoms with van der Waals surface area (Å²) in [6.07, 6.45) is -2.33. The second kappa shape index (κ2) is 6.99. The molecule has 2 unspecified atom stereocenters. The van der Waals surface area contributed by atoms with Crippen molar-refractivity contribution >= 4 is 21.2 Å². The molecule has 0 spiro atoms. The number of benzene rings is 2. The Balaban J connectivity index is 2.03. The first kappa shape index (κ1) is 17.3.